The van der Waals surface area contributed by atoms with E-state index < -0.39 is 11.5 Å². The molecular formula is C32H62N2O3. The Labute approximate surface area is 230 Å². The molecule has 0 saturated carbocycles. The second-order valence-electron chi connectivity index (χ2n) is 12.0. The van der Waals surface area contributed by atoms with Gasteiger partial charge < -0.3 is 15.2 Å². The molecule has 1 unspecified atom stereocenters. The van der Waals surface area contributed by atoms with Gasteiger partial charge in [0.2, 0.25) is 5.91 Å². The lowest BCUT2D eigenvalue weighted by molar-refractivity contribution is -0.955. The lowest BCUT2D eigenvalue weighted by Crippen LogP contribution is -2.71. The zero-order chi connectivity index (χ0) is 28.0. The Morgan fingerprint density at radius 2 is 1.16 bits per heavy atom. The molecule has 0 rings (SSSR count). The third-order valence-corrected chi connectivity index (χ3v) is 8.27. The highest BCUT2D eigenvalue weighted by Gasteiger charge is 2.44. The Balaban J connectivity index is 3.79. The molecule has 1 amide bonds. The van der Waals surface area contributed by atoms with Gasteiger partial charge in [-0.15, -0.1) is 0 Å². The number of aliphatic carboxylic acids is 1. The number of nitrogens with one attached hydrogen (secondary N) is 1. The molecule has 0 aromatic carbocycles. The quantitative estimate of drug-likeness (QED) is 0.0586. The molecule has 0 aromatic heterocycles. The van der Waals surface area contributed by atoms with Gasteiger partial charge in [-0.1, -0.05) is 103 Å². The molecule has 0 fully saturated rings. The molecule has 37 heavy (non-hydrogen) atoms. The summed E-state index contributed by atoms with van der Waals surface area (Å²) in [5, 5.41) is 14.8. The van der Waals surface area contributed by atoms with Crippen molar-refractivity contribution in [1.82, 2.24) is 5.32 Å². The summed E-state index contributed by atoms with van der Waals surface area (Å²) in [6, 6.07) is 0. The minimum absolute atomic E-state index is 0.0276. The van der Waals surface area contributed by atoms with Gasteiger partial charge in [0.1, 0.15) is 11.5 Å². The Morgan fingerprint density at radius 1 is 0.730 bits per heavy atom. The number of carbonyl (C=O) groups is 2. The Hall–Kier alpha value is -1.36. The molecular weight excluding hydrogens is 460 g/mol. The van der Waals surface area contributed by atoms with Crippen LogP contribution in [0.3, 0.4) is 0 Å². The van der Waals surface area contributed by atoms with Crippen molar-refractivity contribution < 1.29 is 19.2 Å². The van der Waals surface area contributed by atoms with Crippen molar-refractivity contribution in [3.63, 3.8) is 0 Å². The van der Waals surface area contributed by atoms with Crippen LogP contribution >= 0.6 is 0 Å². The number of likely N-dealkylation sites (N-methyl/N-ethyl adjacent to an activating group) is 1. The standard InChI is InChI=1S/C32H62N2O3/c1-7-9-10-11-12-13-14-15-16-17-18-19-20-21-22-23-24-25-26-28-30(35)33-29(27-8-2)34(5,6)32(3,4)31(36)37/h15-16,29H,7-14,17-28H2,1-6H3,(H-,33,35,36,37)/b16-15-. The van der Waals surface area contributed by atoms with Crippen LogP contribution in [-0.4, -0.2) is 42.2 Å². The predicted molar refractivity (Wildman–Crippen MR) is 156 cm³/mol. The third-order valence-electron chi connectivity index (χ3n) is 8.27. The van der Waals surface area contributed by atoms with E-state index in [2.05, 4.69) is 31.3 Å². The fourth-order valence-electron chi connectivity index (χ4n) is 4.78. The maximum atomic E-state index is 12.6. The van der Waals surface area contributed by atoms with E-state index in [1.54, 1.807) is 13.8 Å². The monoisotopic (exact) mass is 522 g/mol. The molecule has 5 heteroatoms. The highest BCUT2D eigenvalue weighted by atomic mass is 16.4. The van der Waals surface area contributed by atoms with Gasteiger partial charge in [0.05, 0.1) is 14.1 Å². The van der Waals surface area contributed by atoms with Crippen LogP contribution in [0.25, 0.3) is 0 Å². The molecule has 0 bridgehead atoms. The van der Waals surface area contributed by atoms with Gasteiger partial charge in [-0.05, 0) is 52.4 Å². The number of carbonyl (C=O) groups excluding carboxylic acids is 2. The first-order chi connectivity index (χ1) is 17.6. The number of carboxylic acids is 1. The topological polar surface area (TPSA) is 69.2 Å². The molecule has 1 atom stereocenters. The van der Waals surface area contributed by atoms with Gasteiger partial charge in [-0.2, -0.15) is 0 Å². The van der Waals surface area contributed by atoms with Gasteiger partial charge in [-0.3, -0.25) is 9.28 Å². The number of rotatable bonds is 25. The fraction of sp³-hybridized carbons (Fsp3) is 0.875. The number of quaternary nitrogens is 1. The van der Waals surface area contributed by atoms with E-state index >= 15 is 0 Å². The lowest BCUT2D eigenvalue weighted by atomic mass is 9.98. The van der Waals surface area contributed by atoms with Crippen molar-refractivity contribution in [2.45, 2.75) is 168 Å². The third kappa shape index (κ3) is 16.3. The number of allylic oxidation sites excluding steroid dienone is 2. The Bertz CT molecular complexity index is 613. The predicted octanol–water partition coefficient (Wildman–Crippen LogP) is 7.43. The summed E-state index contributed by atoms with van der Waals surface area (Å²) >= 11 is 0. The summed E-state index contributed by atoms with van der Waals surface area (Å²) in [5.74, 6) is -1.07. The number of amides is 1. The molecule has 5 nitrogen and oxygen atoms in total. The van der Waals surface area contributed by atoms with Crippen LogP contribution in [0, 0.1) is 0 Å². The highest BCUT2D eigenvalue weighted by molar-refractivity contribution is 5.76. The van der Waals surface area contributed by atoms with Gasteiger partial charge in [0, 0.05) is 12.8 Å². The van der Waals surface area contributed by atoms with Crippen molar-refractivity contribution in [3.05, 3.63) is 12.2 Å². The summed E-state index contributed by atoms with van der Waals surface area (Å²) in [6.45, 7) is 7.67. The molecule has 0 heterocycles. The largest absolute Gasteiger partial charge is 0.544 e. The molecule has 0 aliphatic heterocycles. The summed E-state index contributed by atoms with van der Waals surface area (Å²) in [4.78, 5) is 24.2. The summed E-state index contributed by atoms with van der Waals surface area (Å²) in [7, 11) is 3.73. The van der Waals surface area contributed by atoms with Crippen molar-refractivity contribution >= 4 is 11.9 Å². The number of nitrogens with zero attached hydrogens (tertiary/aromatic N) is 1. The van der Waals surface area contributed by atoms with Crippen molar-refractivity contribution in [2.75, 3.05) is 14.1 Å². The van der Waals surface area contributed by atoms with Crippen LogP contribution in [0.5, 0.6) is 0 Å². The van der Waals surface area contributed by atoms with Crippen LogP contribution in [0.4, 0.5) is 0 Å². The molecule has 0 aliphatic carbocycles. The maximum absolute atomic E-state index is 12.6. The number of carboxylic acid groups (broad SMARTS) is 1. The van der Waals surface area contributed by atoms with Crippen LogP contribution in [0.1, 0.15) is 156 Å². The van der Waals surface area contributed by atoms with Crippen LogP contribution < -0.4 is 10.4 Å². The molecule has 1 N–H and O–H groups in total. The van der Waals surface area contributed by atoms with E-state index in [0.717, 1.165) is 25.7 Å². The van der Waals surface area contributed by atoms with E-state index in [-0.39, 0.29) is 16.6 Å². The Kier molecular flexibility index (Phi) is 20.8. The minimum Gasteiger partial charge on any atom is -0.544 e. The van der Waals surface area contributed by atoms with E-state index in [4.69, 9.17) is 0 Å². The second-order valence-corrected chi connectivity index (χ2v) is 12.0. The Morgan fingerprint density at radius 3 is 1.59 bits per heavy atom. The van der Waals surface area contributed by atoms with Crippen LogP contribution in [0.15, 0.2) is 12.2 Å². The average molecular weight is 523 g/mol. The van der Waals surface area contributed by atoms with Gasteiger partial charge in [0.25, 0.3) is 0 Å². The number of hydrogen-bond donors (Lipinski definition) is 1. The van der Waals surface area contributed by atoms with Crippen molar-refractivity contribution in [1.29, 1.82) is 0 Å². The summed E-state index contributed by atoms with van der Waals surface area (Å²) < 4.78 is 0.171. The van der Waals surface area contributed by atoms with E-state index in [0.29, 0.717) is 6.42 Å². The lowest BCUT2D eigenvalue weighted by Gasteiger charge is -2.49. The van der Waals surface area contributed by atoms with Crippen LogP contribution in [0.2, 0.25) is 0 Å². The van der Waals surface area contributed by atoms with Gasteiger partial charge in [0.15, 0.2) is 6.17 Å². The first-order valence-corrected chi connectivity index (χ1v) is 15.6. The highest BCUT2D eigenvalue weighted by Crippen LogP contribution is 2.25. The molecule has 0 radical (unpaired) electrons. The first-order valence-electron chi connectivity index (χ1n) is 15.6. The first kappa shape index (κ1) is 35.6. The molecule has 0 aromatic rings. The van der Waals surface area contributed by atoms with Crippen molar-refractivity contribution in [3.8, 4) is 0 Å². The van der Waals surface area contributed by atoms with E-state index in [1.807, 2.05) is 14.1 Å². The zero-order valence-electron chi connectivity index (χ0n) is 25.5. The second kappa shape index (κ2) is 21.6. The van der Waals surface area contributed by atoms with Crippen molar-refractivity contribution in [2.24, 2.45) is 0 Å². The molecule has 218 valence electrons. The van der Waals surface area contributed by atoms with E-state index in [9.17, 15) is 14.7 Å². The maximum Gasteiger partial charge on any atom is 0.224 e. The van der Waals surface area contributed by atoms with Crippen LogP contribution in [-0.2, 0) is 9.59 Å². The molecule has 0 spiro atoms. The summed E-state index contributed by atoms with van der Waals surface area (Å²) in [5.41, 5.74) is -1.09. The smallest absolute Gasteiger partial charge is 0.224 e. The molecule has 0 saturated heterocycles. The van der Waals surface area contributed by atoms with Gasteiger partial charge >= 0.3 is 0 Å². The number of unbranched alkanes of at least 4 members (excludes halogenated alkanes) is 15. The van der Waals surface area contributed by atoms with Gasteiger partial charge in [-0.25, -0.2) is 0 Å². The molecule has 0 aliphatic rings. The number of hydrogen-bond acceptors (Lipinski definition) is 3. The normalized spacial score (nSPS) is 13.2. The zero-order valence-corrected chi connectivity index (χ0v) is 25.5. The summed E-state index contributed by atoms with van der Waals surface area (Å²) in [6.07, 6.45) is 28.5. The fourth-order valence-corrected chi connectivity index (χ4v) is 4.78. The SMILES string of the molecule is CCCCCCCC/C=C\CCCCCCCCCCCC(=O)NC(CCC)[N+](C)(C)C(C)(C)C(=O)[O-]. The van der Waals surface area contributed by atoms with E-state index in [1.165, 1.54) is 96.3 Å². The average Bonchev–Trinajstić information content (AvgIpc) is 2.84. The minimum atomic E-state index is -1.09.